The normalized spacial score (nSPS) is 21.0. The molecule has 0 radical (unpaired) electrons. The van der Waals surface area contributed by atoms with Crippen molar-refractivity contribution in [1.29, 1.82) is 0 Å². The van der Waals surface area contributed by atoms with Gasteiger partial charge in [-0.3, -0.25) is 19.5 Å². The van der Waals surface area contributed by atoms with E-state index < -0.39 is 5.60 Å². The van der Waals surface area contributed by atoms with E-state index in [9.17, 15) is 19.5 Å². The second kappa shape index (κ2) is 15.8. The highest BCUT2D eigenvalue weighted by Gasteiger charge is 2.40. The number of hydrogen-bond donors (Lipinski definition) is 2. The van der Waals surface area contributed by atoms with Gasteiger partial charge in [0, 0.05) is 56.9 Å². The third kappa shape index (κ3) is 9.35. The Kier molecular flexibility index (Phi) is 12.1. The summed E-state index contributed by atoms with van der Waals surface area (Å²) in [5.74, 6) is 1.39. The first kappa shape index (κ1) is 34.5. The molecule has 3 fully saturated rings. The Bertz CT molecular complexity index is 1360. The van der Waals surface area contributed by atoms with Crippen LogP contribution >= 0.6 is 23.1 Å². The summed E-state index contributed by atoms with van der Waals surface area (Å²) in [6, 6.07) is 4.37. The number of nitrogens with one attached hydrogen (secondary N) is 1. The number of anilines is 1. The number of piperazine rings is 1. The Labute approximate surface area is 273 Å². The van der Waals surface area contributed by atoms with E-state index in [-0.39, 0.29) is 18.6 Å². The van der Waals surface area contributed by atoms with Crippen molar-refractivity contribution in [2.45, 2.75) is 64.1 Å². The van der Waals surface area contributed by atoms with E-state index in [1.807, 2.05) is 19.3 Å². The molecule has 2 aromatic rings. The number of ether oxygens (including phenoxy) is 1. The Morgan fingerprint density at radius 1 is 1.22 bits per heavy atom. The molecule has 5 heterocycles. The van der Waals surface area contributed by atoms with Crippen LogP contribution in [-0.2, 0) is 9.53 Å². The molecule has 45 heavy (non-hydrogen) atoms. The van der Waals surface area contributed by atoms with E-state index in [0.717, 1.165) is 46.2 Å². The zero-order chi connectivity index (χ0) is 32.6. The van der Waals surface area contributed by atoms with Gasteiger partial charge in [0.2, 0.25) is 5.91 Å². The van der Waals surface area contributed by atoms with Crippen molar-refractivity contribution in [2.24, 2.45) is 4.99 Å². The molecule has 14 heteroatoms. The van der Waals surface area contributed by atoms with Crippen LogP contribution in [0.15, 0.2) is 28.7 Å². The lowest BCUT2D eigenvalue weighted by Crippen LogP contribution is -2.54. The van der Waals surface area contributed by atoms with Crippen LogP contribution in [-0.4, -0.2) is 118 Å². The summed E-state index contributed by atoms with van der Waals surface area (Å²) in [7, 11) is 2.12. The third-order valence-corrected chi connectivity index (χ3v) is 10.3. The van der Waals surface area contributed by atoms with Crippen LogP contribution in [0.3, 0.4) is 0 Å². The molecule has 244 valence electrons. The lowest BCUT2D eigenvalue weighted by Gasteiger charge is -2.40. The molecular formula is C31H43N7O5S2. The number of fused-ring (bicyclic) bond motifs is 2. The van der Waals surface area contributed by atoms with E-state index in [2.05, 4.69) is 38.9 Å². The van der Waals surface area contributed by atoms with Gasteiger partial charge in [-0.15, -0.1) is 23.1 Å². The van der Waals surface area contributed by atoms with Gasteiger partial charge in [-0.05, 0) is 70.8 Å². The number of rotatable bonds is 9. The lowest BCUT2D eigenvalue weighted by atomic mass is 9.92. The van der Waals surface area contributed by atoms with Gasteiger partial charge in [-0.1, -0.05) is 0 Å². The summed E-state index contributed by atoms with van der Waals surface area (Å²) in [5.41, 5.74) is 1.36. The number of aromatic nitrogens is 2. The van der Waals surface area contributed by atoms with Crippen LogP contribution in [0.5, 0.6) is 0 Å². The summed E-state index contributed by atoms with van der Waals surface area (Å²) in [6.45, 7) is 11.6. The molecule has 12 nitrogen and oxygen atoms in total. The molecule has 3 aliphatic rings. The molecule has 0 unspecified atom stereocenters. The van der Waals surface area contributed by atoms with Gasteiger partial charge in [0.15, 0.2) is 6.29 Å². The van der Waals surface area contributed by atoms with Gasteiger partial charge in [0.25, 0.3) is 0 Å². The molecule has 2 bridgehead atoms. The van der Waals surface area contributed by atoms with Crippen LogP contribution in [0.4, 0.5) is 10.6 Å². The molecule has 2 atom stereocenters. The van der Waals surface area contributed by atoms with Crippen molar-refractivity contribution in [2.75, 3.05) is 51.0 Å². The van der Waals surface area contributed by atoms with Crippen LogP contribution < -0.4 is 5.32 Å². The lowest BCUT2D eigenvalue weighted by molar-refractivity contribution is -0.134. The fourth-order valence-electron chi connectivity index (χ4n) is 5.68. The van der Waals surface area contributed by atoms with E-state index >= 15 is 0 Å². The first-order valence-corrected chi connectivity index (χ1v) is 16.9. The summed E-state index contributed by atoms with van der Waals surface area (Å²) >= 11 is 3.18. The molecule has 2 amide bonds. The van der Waals surface area contributed by atoms with Gasteiger partial charge in [0.05, 0.1) is 27.2 Å². The number of thioether (sulfide) groups is 1. The Morgan fingerprint density at radius 3 is 2.44 bits per heavy atom. The molecule has 0 aliphatic carbocycles. The quantitative estimate of drug-likeness (QED) is 0.176. The number of amides is 2. The maximum atomic E-state index is 12.3. The molecule has 2 N–H and O–H groups in total. The van der Waals surface area contributed by atoms with Crippen molar-refractivity contribution in [3.05, 3.63) is 44.9 Å². The van der Waals surface area contributed by atoms with E-state index in [4.69, 9.17) is 4.74 Å². The summed E-state index contributed by atoms with van der Waals surface area (Å²) < 4.78 is 5.39. The monoisotopic (exact) mass is 657 g/mol. The number of piperidine rings is 1. The summed E-state index contributed by atoms with van der Waals surface area (Å²) in [4.78, 5) is 53.7. The number of aliphatic imine (C=N–C) groups is 1. The summed E-state index contributed by atoms with van der Waals surface area (Å²) in [5, 5.41) is 16.7. The maximum absolute atomic E-state index is 12.3. The smallest absolute Gasteiger partial charge is 0.409 e. The zero-order valence-corrected chi connectivity index (χ0v) is 28.0. The minimum atomic E-state index is -1.01. The number of aliphatic hydroxyl groups is 1. The van der Waals surface area contributed by atoms with Crippen molar-refractivity contribution in [3.63, 3.8) is 0 Å². The van der Waals surface area contributed by atoms with Crippen molar-refractivity contribution in [1.82, 2.24) is 24.7 Å². The topological polar surface area (TPSA) is 141 Å². The number of aryl methyl sites for hydroxylation is 2. The SMILES string of the molecule is C=N/C(=C\SCNc1ccc(C=O)cn1)c1sc(C)nc1C.CC(=O)N1CCC(O)(COC(=O)N2C[C@H]3CC[C@@H](C2)N3C)CC1. The van der Waals surface area contributed by atoms with Crippen LogP contribution in [0.25, 0.3) is 5.70 Å². The second-order valence-electron chi connectivity index (χ2n) is 11.6. The molecule has 0 saturated carbocycles. The van der Waals surface area contributed by atoms with Crippen molar-refractivity contribution in [3.8, 4) is 0 Å². The van der Waals surface area contributed by atoms with Gasteiger partial charge in [-0.2, -0.15) is 0 Å². The molecule has 2 aromatic heterocycles. The first-order valence-electron chi connectivity index (χ1n) is 15.0. The number of aldehydes is 1. The Hall–Kier alpha value is -3.33. The van der Waals surface area contributed by atoms with E-state index in [0.29, 0.717) is 62.5 Å². The highest BCUT2D eigenvalue weighted by atomic mass is 32.2. The van der Waals surface area contributed by atoms with Crippen LogP contribution in [0.2, 0.25) is 0 Å². The predicted molar refractivity (Wildman–Crippen MR) is 179 cm³/mol. The molecule has 0 aromatic carbocycles. The summed E-state index contributed by atoms with van der Waals surface area (Å²) in [6.07, 6.45) is 5.16. The average molecular weight is 658 g/mol. The van der Waals surface area contributed by atoms with Crippen LogP contribution in [0, 0.1) is 13.8 Å². The van der Waals surface area contributed by atoms with Crippen LogP contribution in [0.1, 0.15) is 58.5 Å². The number of likely N-dealkylation sites (tertiary alicyclic amines) is 2. The zero-order valence-electron chi connectivity index (χ0n) is 26.4. The highest BCUT2D eigenvalue weighted by molar-refractivity contribution is 8.02. The number of pyridine rings is 1. The number of carbonyl (C=O) groups is 3. The van der Waals surface area contributed by atoms with Gasteiger partial charge in [-0.25, -0.2) is 14.8 Å². The van der Waals surface area contributed by atoms with Gasteiger partial charge < -0.3 is 25.0 Å². The number of likely N-dealkylation sites (N-methyl/N-ethyl adjacent to an activating group) is 1. The van der Waals surface area contributed by atoms with Gasteiger partial charge in [0.1, 0.15) is 18.0 Å². The largest absolute Gasteiger partial charge is 0.446 e. The first-order chi connectivity index (χ1) is 21.5. The molecule has 0 spiro atoms. The minimum absolute atomic E-state index is 0.0131. The number of carbonyl (C=O) groups excluding carboxylic acids is 3. The number of thiazole rings is 1. The fourth-order valence-corrected chi connectivity index (χ4v) is 7.32. The second-order valence-corrected chi connectivity index (χ2v) is 13.7. The Balaban J connectivity index is 0.000000205. The molecule has 3 saturated heterocycles. The minimum Gasteiger partial charge on any atom is -0.446 e. The number of hydrogen-bond acceptors (Lipinski definition) is 12. The van der Waals surface area contributed by atoms with Gasteiger partial charge >= 0.3 is 6.09 Å². The highest BCUT2D eigenvalue weighted by Crippen LogP contribution is 2.30. The average Bonchev–Trinajstić information content (AvgIpc) is 3.44. The molecule has 3 aliphatic heterocycles. The van der Waals surface area contributed by atoms with E-state index in [1.165, 1.54) is 13.1 Å². The van der Waals surface area contributed by atoms with Crippen molar-refractivity contribution < 1.29 is 24.2 Å². The van der Waals surface area contributed by atoms with E-state index in [1.54, 1.807) is 45.0 Å². The van der Waals surface area contributed by atoms with Crippen molar-refractivity contribution >= 4 is 59.6 Å². The standard InChI is InChI=1S/C16H27N3O4.C15H16N4OS2/c1-12(20)18-7-5-16(22,6-8-18)11-23-15(21)19-9-13-3-4-14(10-19)17(13)2;1-10-15(22-11(2)19-10)13(16-3)8-21-9-18-14-5-4-12(7-20)6-17-14/h13-14,22H,3-11H2,1-2H3;4-8H,3,9H2,1-2H3,(H,17,18)/b;13-8-/t13-,14+;. The number of nitrogens with zero attached hydrogens (tertiary/aromatic N) is 6. The maximum Gasteiger partial charge on any atom is 0.409 e. The predicted octanol–water partition coefficient (Wildman–Crippen LogP) is 4.04. The Morgan fingerprint density at radius 2 is 1.91 bits per heavy atom. The molecular weight excluding hydrogens is 615 g/mol. The fraction of sp³-hybridized carbons (Fsp3) is 0.548. The third-order valence-electron chi connectivity index (χ3n) is 8.47. The molecule has 5 rings (SSSR count).